The van der Waals surface area contributed by atoms with Crippen molar-refractivity contribution in [2.24, 2.45) is 11.1 Å². The highest BCUT2D eigenvalue weighted by Gasteiger charge is 2.66. The zero-order valence-electron chi connectivity index (χ0n) is 24.7. The number of hydrogen-bond acceptors (Lipinski definition) is 6. The molecule has 4 fully saturated rings. The molecule has 0 spiro atoms. The van der Waals surface area contributed by atoms with Gasteiger partial charge in [0.15, 0.2) is 0 Å². The number of aliphatic carboxylic acids is 1. The van der Waals surface area contributed by atoms with E-state index in [0.717, 1.165) is 22.4 Å². The number of rotatable bonds is 8. The van der Waals surface area contributed by atoms with Crippen molar-refractivity contribution in [3.63, 3.8) is 0 Å². The molecule has 226 valence electrons. The maximum absolute atomic E-state index is 14.4. The van der Waals surface area contributed by atoms with Crippen molar-refractivity contribution < 1.29 is 24.0 Å². The van der Waals surface area contributed by atoms with Gasteiger partial charge >= 0.3 is 0 Å². The zero-order valence-corrected chi connectivity index (χ0v) is 25.5. The Morgan fingerprint density at radius 3 is 1.75 bits per heavy atom. The number of carboxylic acid groups (broad SMARTS) is 1. The first-order chi connectivity index (χ1) is 21.2. The zero-order chi connectivity index (χ0) is 30.7. The highest BCUT2D eigenvalue weighted by atomic mass is 32.2. The Morgan fingerprint density at radius 2 is 1.34 bits per heavy atom. The lowest BCUT2D eigenvalue weighted by molar-refractivity contribution is -0.909. The summed E-state index contributed by atoms with van der Waals surface area (Å²) in [5, 5.41) is 16.2. The van der Waals surface area contributed by atoms with E-state index in [0.29, 0.717) is 49.1 Å². The number of hydrogen-bond donors (Lipinski definition) is 2. The minimum absolute atomic E-state index is 0.00349. The van der Waals surface area contributed by atoms with E-state index in [-0.39, 0.29) is 17.5 Å². The standard InChI is InChI=1S/C35H36N4O4S/c1-33(37-35(24-11-5-2-6-12-24,25-13-7-3-8-14-25)26-15-9-4-10-16-26)31(43)38-28(29(40)41)27(23-44-32(33)38)39-20-17-34(18-21-39,19-22-39)30(36)42/h2-16,32,37H,17-23H2,1H3,(H2-,36,40,41,42)/t32-,33+,34?,39?/m0/s1. The molecule has 3 aromatic carbocycles. The summed E-state index contributed by atoms with van der Waals surface area (Å²) in [6, 6.07) is 30.2. The molecule has 2 bridgehead atoms. The van der Waals surface area contributed by atoms with Crippen LogP contribution in [0.4, 0.5) is 0 Å². The van der Waals surface area contributed by atoms with Crippen molar-refractivity contribution in [2.75, 3.05) is 25.4 Å². The van der Waals surface area contributed by atoms with Gasteiger partial charge in [-0.3, -0.25) is 24.3 Å². The van der Waals surface area contributed by atoms with E-state index < -0.39 is 27.8 Å². The number of nitrogens with zero attached hydrogens (tertiary/aromatic N) is 2. The van der Waals surface area contributed by atoms with Gasteiger partial charge in [0.25, 0.3) is 5.91 Å². The van der Waals surface area contributed by atoms with Crippen molar-refractivity contribution >= 4 is 29.5 Å². The average molecular weight is 609 g/mol. The molecule has 0 aliphatic carbocycles. The van der Waals surface area contributed by atoms with Crippen LogP contribution >= 0.6 is 11.8 Å². The van der Waals surface area contributed by atoms with E-state index >= 15 is 0 Å². The minimum Gasteiger partial charge on any atom is -0.543 e. The topological polar surface area (TPSA) is 116 Å². The minimum atomic E-state index is -1.33. The van der Waals surface area contributed by atoms with Gasteiger partial charge < -0.3 is 15.6 Å². The number of amides is 2. The number of primary amides is 1. The van der Waals surface area contributed by atoms with Gasteiger partial charge in [0, 0.05) is 19.3 Å². The summed E-state index contributed by atoms with van der Waals surface area (Å²) in [4.78, 5) is 41.0. The summed E-state index contributed by atoms with van der Waals surface area (Å²) < 4.78 is 0.480. The smallest absolute Gasteiger partial charge is 0.251 e. The first-order valence-corrected chi connectivity index (χ1v) is 16.2. The molecule has 9 heteroatoms. The van der Waals surface area contributed by atoms with Crippen LogP contribution in [-0.4, -0.2) is 63.5 Å². The van der Waals surface area contributed by atoms with E-state index in [1.807, 2.05) is 61.5 Å². The van der Waals surface area contributed by atoms with Crippen LogP contribution in [-0.2, 0) is 19.9 Å². The van der Waals surface area contributed by atoms with Gasteiger partial charge in [0.2, 0.25) is 5.91 Å². The van der Waals surface area contributed by atoms with Crippen LogP contribution in [0.15, 0.2) is 102 Å². The largest absolute Gasteiger partial charge is 0.543 e. The van der Waals surface area contributed by atoms with E-state index in [1.54, 1.807) is 11.8 Å². The molecule has 3 aromatic rings. The van der Waals surface area contributed by atoms with Crippen LogP contribution in [0.25, 0.3) is 0 Å². The molecule has 0 unspecified atom stereocenters. The highest BCUT2D eigenvalue weighted by Crippen LogP contribution is 2.53. The number of β-lactam (4-membered cyclic amide) rings is 1. The number of piperidine rings is 3. The number of carboxylic acids is 1. The first-order valence-electron chi connectivity index (χ1n) is 15.2. The molecule has 5 heterocycles. The molecule has 0 radical (unpaired) electrons. The van der Waals surface area contributed by atoms with Crippen LogP contribution in [0.3, 0.4) is 0 Å². The summed E-state index contributed by atoms with van der Waals surface area (Å²) in [6.07, 6.45) is 1.88. The molecule has 0 aromatic heterocycles. The fourth-order valence-electron chi connectivity index (χ4n) is 8.11. The predicted octanol–water partition coefficient (Wildman–Crippen LogP) is 2.69. The summed E-state index contributed by atoms with van der Waals surface area (Å²) in [6.45, 7) is 3.80. The van der Waals surface area contributed by atoms with Crippen LogP contribution in [0.1, 0.15) is 42.9 Å². The third-order valence-corrected chi connectivity index (χ3v) is 12.1. The second kappa shape index (κ2) is 10.3. The normalized spacial score (nSPS) is 29.6. The van der Waals surface area contributed by atoms with Crippen molar-refractivity contribution in [3.05, 3.63) is 119 Å². The molecule has 8 nitrogen and oxygen atoms in total. The number of benzene rings is 3. The van der Waals surface area contributed by atoms with Crippen LogP contribution in [0, 0.1) is 5.41 Å². The summed E-state index contributed by atoms with van der Waals surface area (Å²) >= 11 is 1.60. The number of nitrogens with one attached hydrogen (secondary N) is 1. The van der Waals surface area contributed by atoms with Crippen LogP contribution in [0.5, 0.6) is 0 Å². The molecule has 44 heavy (non-hydrogen) atoms. The summed E-state index contributed by atoms with van der Waals surface area (Å²) in [7, 11) is 0. The maximum atomic E-state index is 14.4. The second-order valence-corrected chi connectivity index (χ2v) is 13.9. The van der Waals surface area contributed by atoms with Gasteiger partial charge in [-0.2, -0.15) is 0 Å². The van der Waals surface area contributed by atoms with Crippen molar-refractivity contribution in [1.82, 2.24) is 10.2 Å². The first kappa shape index (κ1) is 28.8. The van der Waals surface area contributed by atoms with Crippen molar-refractivity contribution in [1.29, 1.82) is 0 Å². The molecule has 8 rings (SSSR count). The average Bonchev–Trinajstić information content (AvgIpc) is 3.08. The van der Waals surface area contributed by atoms with Gasteiger partial charge in [-0.25, -0.2) is 0 Å². The Balaban J connectivity index is 1.31. The fraction of sp³-hybridized carbons (Fsp3) is 0.343. The predicted molar refractivity (Wildman–Crippen MR) is 166 cm³/mol. The third kappa shape index (κ3) is 4.02. The second-order valence-electron chi connectivity index (χ2n) is 12.8. The quantitative estimate of drug-likeness (QED) is 0.231. The lowest BCUT2D eigenvalue weighted by Gasteiger charge is -2.61. The van der Waals surface area contributed by atoms with Gasteiger partial charge in [-0.15, -0.1) is 11.8 Å². The molecular weight excluding hydrogens is 572 g/mol. The monoisotopic (exact) mass is 608 g/mol. The number of quaternary nitrogens is 1. The van der Waals surface area contributed by atoms with E-state index in [2.05, 4.69) is 41.7 Å². The van der Waals surface area contributed by atoms with Crippen molar-refractivity contribution in [3.8, 4) is 0 Å². The van der Waals surface area contributed by atoms with E-state index in [4.69, 9.17) is 5.73 Å². The van der Waals surface area contributed by atoms with E-state index in [1.165, 1.54) is 4.90 Å². The Bertz CT molecular complexity index is 1540. The number of thioether (sulfide) groups is 1. The lowest BCUT2D eigenvalue weighted by Crippen LogP contribution is -2.81. The number of nitrogens with two attached hydrogens (primary N) is 1. The number of fused-ring (bicyclic) bond motifs is 4. The number of carbonyl (C=O) groups excluding carboxylic acids is 3. The SMILES string of the molecule is C[C@@]1(NC(c2ccccc2)(c2ccccc2)c2ccccc2)C(=O)N2C(C(=O)[O-])=C([N+]34CCC(C(N)=O)(CC3)CC4)CS[C@H]21. The van der Waals surface area contributed by atoms with Gasteiger partial charge in [-0.1, -0.05) is 91.0 Å². The van der Waals surface area contributed by atoms with Crippen molar-refractivity contribution in [2.45, 2.75) is 42.6 Å². The molecule has 0 saturated carbocycles. The molecule has 2 amide bonds. The van der Waals surface area contributed by atoms with Crippen LogP contribution < -0.4 is 16.2 Å². The highest BCUT2D eigenvalue weighted by molar-refractivity contribution is 8.00. The number of carbonyl (C=O) groups is 3. The molecule has 5 aliphatic rings. The van der Waals surface area contributed by atoms with Gasteiger partial charge in [0.05, 0.1) is 42.3 Å². The molecule has 4 saturated heterocycles. The third-order valence-electron chi connectivity index (χ3n) is 10.7. The molecule has 5 aliphatic heterocycles. The van der Waals surface area contributed by atoms with Gasteiger partial charge in [0.1, 0.15) is 22.3 Å². The maximum Gasteiger partial charge on any atom is 0.251 e. The van der Waals surface area contributed by atoms with E-state index in [9.17, 15) is 19.5 Å². The Labute approximate surface area is 261 Å². The molecule has 2 atom stereocenters. The molecular formula is C35H36N4O4S. The summed E-state index contributed by atoms with van der Waals surface area (Å²) in [5.74, 6) is -1.42. The van der Waals surface area contributed by atoms with Crippen LogP contribution in [0.2, 0.25) is 0 Å². The fourth-order valence-corrected chi connectivity index (χ4v) is 9.68. The Morgan fingerprint density at radius 1 is 0.886 bits per heavy atom. The van der Waals surface area contributed by atoms with Gasteiger partial charge in [-0.05, 0) is 23.6 Å². The Hall–Kier alpha value is -3.92. The summed E-state index contributed by atoms with van der Waals surface area (Å²) in [5.41, 5.74) is 6.92. The lowest BCUT2D eigenvalue weighted by atomic mass is 9.69. The molecule has 3 N–H and O–H groups in total. The Kier molecular flexibility index (Phi) is 6.77.